The van der Waals surface area contributed by atoms with E-state index in [2.05, 4.69) is 14.9 Å². The van der Waals surface area contributed by atoms with E-state index >= 15 is 0 Å². The molecule has 1 aromatic heterocycles. The number of methoxy groups -OCH3 is 1. The number of hydrogen-bond donors (Lipinski definition) is 0. The maximum atomic E-state index is 12.6. The van der Waals surface area contributed by atoms with Crippen molar-refractivity contribution in [3.63, 3.8) is 0 Å². The van der Waals surface area contributed by atoms with Gasteiger partial charge in [-0.15, -0.1) is 0 Å². The molecule has 1 amide bonds. The maximum absolute atomic E-state index is 12.6. The lowest BCUT2D eigenvalue weighted by molar-refractivity contribution is -0.130. The van der Waals surface area contributed by atoms with E-state index in [0.29, 0.717) is 6.42 Å². The molecule has 2 aliphatic rings. The molecule has 26 heavy (non-hydrogen) atoms. The quantitative estimate of drug-likeness (QED) is 0.841. The van der Waals surface area contributed by atoms with Crippen LogP contribution in [0.2, 0.25) is 0 Å². The molecule has 0 unspecified atom stereocenters. The number of aryl methyl sites for hydroxylation is 1. The summed E-state index contributed by atoms with van der Waals surface area (Å²) in [5, 5.41) is 0. The lowest BCUT2D eigenvalue weighted by Gasteiger charge is -2.36. The van der Waals surface area contributed by atoms with Crippen LogP contribution in [0.5, 0.6) is 5.75 Å². The summed E-state index contributed by atoms with van der Waals surface area (Å²) in [6, 6.07) is 7.72. The second-order valence-corrected chi connectivity index (χ2v) is 6.87. The first-order chi connectivity index (χ1) is 12.7. The summed E-state index contributed by atoms with van der Waals surface area (Å²) in [6.45, 7) is 3.13. The van der Waals surface area contributed by atoms with Gasteiger partial charge >= 0.3 is 0 Å². The average molecular weight is 352 g/mol. The molecule has 0 saturated carbocycles. The van der Waals surface area contributed by atoms with Gasteiger partial charge in [0.25, 0.3) is 0 Å². The zero-order valence-corrected chi connectivity index (χ0v) is 15.1. The van der Waals surface area contributed by atoms with Crippen LogP contribution >= 0.6 is 0 Å². The zero-order valence-electron chi connectivity index (χ0n) is 15.1. The van der Waals surface area contributed by atoms with Crippen LogP contribution in [0, 0.1) is 0 Å². The van der Waals surface area contributed by atoms with Crippen molar-refractivity contribution in [3.8, 4) is 5.75 Å². The number of carbonyl (C=O) groups excluding carboxylic acids is 1. The van der Waals surface area contributed by atoms with Gasteiger partial charge in [-0.2, -0.15) is 0 Å². The largest absolute Gasteiger partial charge is 0.497 e. The normalized spacial score (nSPS) is 16.5. The molecular formula is C20H24N4O2. The Hall–Kier alpha value is -2.63. The van der Waals surface area contributed by atoms with E-state index in [1.54, 1.807) is 13.4 Å². The monoisotopic (exact) mass is 352 g/mol. The Morgan fingerprint density at radius 1 is 1.15 bits per heavy atom. The topological polar surface area (TPSA) is 58.6 Å². The van der Waals surface area contributed by atoms with Crippen LogP contribution in [0.15, 0.2) is 30.6 Å². The predicted molar refractivity (Wildman–Crippen MR) is 99.5 cm³/mol. The lowest BCUT2D eigenvalue weighted by Crippen LogP contribution is -2.49. The fourth-order valence-corrected chi connectivity index (χ4v) is 3.85. The first-order valence-electron chi connectivity index (χ1n) is 9.23. The number of rotatable bonds is 4. The second kappa shape index (κ2) is 7.32. The van der Waals surface area contributed by atoms with E-state index < -0.39 is 0 Å². The summed E-state index contributed by atoms with van der Waals surface area (Å²) in [7, 11) is 1.64. The van der Waals surface area contributed by atoms with E-state index in [-0.39, 0.29) is 5.91 Å². The van der Waals surface area contributed by atoms with Crippen molar-refractivity contribution in [2.75, 3.05) is 38.2 Å². The predicted octanol–water partition coefficient (Wildman–Crippen LogP) is 1.87. The van der Waals surface area contributed by atoms with Crippen LogP contribution in [0.3, 0.4) is 0 Å². The van der Waals surface area contributed by atoms with Gasteiger partial charge < -0.3 is 14.5 Å². The summed E-state index contributed by atoms with van der Waals surface area (Å²) in [5.74, 6) is 2.04. The molecule has 2 aromatic rings. The highest BCUT2D eigenvalue weighted by Crippen LogP contribution is 2.28. The lowest BCUT2D eigenvalue weighted by atomic mass is 10.1. The van der Waals surface area contributed by atoms with Gasteiger partial charge in [0.05, 0.1) is 13.5 Å². The van der Waals surface area contributed by atoms with Crippen LogP contribution in [0.25, 0.3) is 0 Å². The number of nitrogens with zero attached hydrogens (tertiary/aromatic N) is 4. The molecule has 0 bridgehead atoms. The number of benzene rings is 1. The highest BCUT2D eigenvalue weighted by atomic mass is 16.5. The number of amides is 1. The molecule has 1 fully saturated rings. The number of fused-ring (bicyclic) bond motifs is 1. The minimum absolute atomic E-state index is 0.172. The number of hydrogen-bond acceptors (Lipinski definition) is 5. The van der Waals surface area contributed by atoms with Gasteiger partial charge in [0.1, 0.15) is 17.9 Å². The van der Waals surface area contributed by atoms with Crippen LogP contribution in [-0.4, -0.2) is 54.1 Å². The molecule has 0 radical (unpaired) electrons. The molecule has 6 nitrogen and oxygen atoms in total. The van der Waals surface area contributed by atoms with Crippen molar-refractivity contribution in [3.05, 3.63) is 47.4 Å². The SMILES string of the molecule is COc1cccc(CC(=O)N2CCN(c3ncnc4c3CCC4)CC2)c1. The fraction of sp³-hybridized carbons (Fsp3) is 0.450. The third-order valence-electron chi connectivity index (χ3n) is 5.27. The Labute approximate surface area is 153 Å². The molecule has 0 spiro atoms. The minimum Gasteiger partial charge on any atom is -0.497 e. The summed E-state index contributed by atoms with van der Waals surface area (Å²) < 4.78 is 5.24. The summed E-state index contributed by atoms with van der Waals surface area (Å²) in [6.07, 6.45) is 5.39. The van der Waals surface area contributed by atoms with Crippen molar-refractivity contribution >= 4 is 11.7 Å². The van der Waals surface area contributed by atoms with E-state index in [1.807, 2.05) is 29.2 Å². The van der Waals surface area contributed by atoms with Crippen molar-refractivity contribution in [1.29, 1.82) is 0 Å². The zero-order chi connectivity index (χ0) is 17.9. The van der Waals surface area contributed by atoms with E-state index in [9.17, 15) is 4.79 Å². The fourth-order valence-electron chi connectivity index (χ4n) is 3.85. The van der Waals surface area contributed by atoms with Gasteiger partial charge in [-0.25, -0.2) is 9.97 Å². The third-order valence-corrected chi connectivity index (χ3v) is 5.27. The van der Waals surface area contributed by atoms with E-state index in [1.165, 1.54) is 17.7 Å². The Morgan fingerprint density at radius 3 is 2.81 bits per heavy atom. The van der Waals surface area contributed by atoms with Gasteiger partial charge in [-0.3, -0.25) is 4.79 Å². The highest BCUT2D eigenvalue weighted by molar-refractivity contribution is 5.79. The molecular weight excluding hydrogens is 328 g/mol. The molecule has 136 valence electrons. The van der Waals surface area contributed by atoms with Crippen molar-refractivity contribution in [2.24, 2.45) is 0 Å². The average Bonchev–Trinajstić information content (AvgIpc) is 3.17. The first kappa shape index (κ1) is 16.8. The van der Waals surface area contributed by atoms with Gasteiger partial charge in [0, 0.05) is 37.4 Å². The van der Waals surface area contributed by atoms with Crippen LogP contribution in [0.4, 0.5) is 5.82 Å². The first-order valence-corrected chi connectivity index (χ1v) is 9.23. The van der Waals surface area contributed by atoms with E-state index in [4.69, 9.17) is 4.74 Å². The third kappa shape index (κ3) is 3.36. The molecule has 1 saturated heterocycles. The molecule has 1 aliphatic carbocycles. The Balaban J connectivity index is 1.37. The van der Waals surface area contributed by atoms with Gasteiger partial charge in [-0.05, 0) is 37.0 Å². The van der Waals surface area contributed by atoms with Crippen molar-refractivity contribution in [2.45, 2.75) is 25.7 Å². The molecule has 2 heterocycles. The summed E-state index contributed by atoms with van der Waals surface area (Å²) in [4.78, 5) is 25.8. The van der Waals surface area contributed by atoms with Crippen LogP contribution < -0.4 is 9.64 Å². The Morgan fingerprint density at radius 2 is 2.00 bits per heavy atom. The highest BCUT2D eigenvalue weighted by Gasteiger charge is 2.26. The second-order valence-electron chi connectivity index (χ2n) is 6.87. The molecule has 4 rings (SSSR count). The molecule has 0 N–H and O–H groups in total. The number of anilines is 1. The number of aromatic nitrogens is 2. The minimum atomic E-state index is 0.172. The van der Waals surface area contributed by atoms with Crippen LogP contribution in [0.1, 0.15) is 23.2 Å². The van der Waals surface area contributed by atoms with Crippen molar-refractivity contribution in [1.82, 2.24) is 14.9 Å². The number of carbonyl (C=O) groups is 1. The Kier molecular flexibility index (Phi) is 4.73. The number of piperazine rings is 1. The molecule has 0 atom stereocenters. The van der Waals surface area contributed by atoms with Gasteiger partial charge in [0.2, 0.25) is 5.91 Å². The molecule has 6 heteroatoms. The molecule has 1 aliphatic heterocycles. The standard InChI is InChI=1S/C20H24N4O2/c1-26-16-5-2-4-15(12-16)13-19(25)23-8-10-24(11-9-23)20-17-6-3-7-18(17)21-14-22-20/h2,4-5,12,14H,3,6-11,13H2,1H3. The van der Waals surface area contributed by atoms with E-state index in [0.717, 1.165) is 56.2 Å². The summed E-state index contributed by atoms with van der Waals surface area (Å²) >= 11 is 0. The van der Waals surface area contributed by atoms with Gasteiger partial charge in [0.15, 0.2) is 0 Å². The smallest absolute Gasteiger partial charge is 0.227 e. The van der Waals surface area contributed by atoms with Gasteiger partial charge in [-0.1, -0.05) is 12.1 Å². The summed E-state index contributed by atoms with van der Waals surface area (Å²) in [5.41, 5.74) is 3.50. The van der Waals surface area contributed by atoms with Crippen molar-refractivity contribution < 1.29 is 9.53 Å². The molecule has 1 aromatic carbocycles. The number of ether oxygens (including phenoxy) is 1. The Bertz CT molecular complexity index is 800. The van der Waals surface area contributed by atoms with Crippen LogP contribution in [-0.2, 0) is 24.1 Å². The maximum Gasteiger partial charge on any atom is 0.227 e.